The minimum absolute atomic E-state index is 0.728. The first-order chi connectivity index (χ1) is 19.2. The molecule has 0 atom stereocenters. The molecule has 39 heavy (non-hydrogen) atoms. The molecule has 0 unspecified atom stereocenters. The van der Waals surface area contributed by atoms with Crippen LogP contribution in [0.2, 0.25) is 5.02 Å². The average Bonchev–Trinajstić information content (AvgIpc) is 3.31. The Labute approximate surface area is 233 Å². The molecule has 0 saturated carbocycles. The Morgan fingerprint density at radius 3 is 1.38 bits per heavy atom. The summed E-state index contributed by atoms with van der Waals surface area (Å²) < 4.78 is 2.30. The van der Waals surface area contributed by atoms with Crippen LogP contribution in [0.25, 0.3) is 60.9 Å². The molecule has 1 aromatic heterocycles. The van der Waals surface area contributed by atoms with E-state index in [1.54, 1.807) is 0 Å². The summed E-state index contributed by atoms with van der Waals surface area (Å²) in [5.41, 5.74) is 11.6. The van der Waals surface area contributed by atoms with Gasteiger partial charge in [0.15, 0.2) is 0 Å². The van der Waals surface area contributed by atoms with Gasteiger partial charge < -0.3 is 4.57 Å². The van der Waals surface area contributed by atoms with Gasteiger partial charge in [0.25, 0.3) is 0 Å². The quantitative estimate of drug-likeness (QED) is 0.218. The Balaban J connectivity index is 1.46. The topological polar surface area (TPSA) is 4.93 Å². The van der Waals surface area contributed by atoms with Crippen LogP contribution >= 0.6 is 11.6 Å². The van der Waals surface area contributed by atoms with Crippen molar-refractivity contribution in [3.05, 3.63) is 150 Å². The van der Waals surface area contributed by atoms with E-state index in [-0.39, 0.29) is 0 Å². The minimum Gasteiger partial charge on any atom is -0.308 e. The van der Waals surface area contributed by atoms with Crippen LogP contribution in [-0.4, -0.2) is 4.57 Å². The van der Waals surface area contributed by atoms with Crippen molar-refractivity contribution >= 4 is 33.4 Å². The molecule has 1 heterocycles. The lowest BCUT2D eigenvalue weighted by Gasteiger charge is -2.12. The highest BCUT2D eigenvalue weighted by Gasteiger charge is 2.17. The van der Waals surface area contributed by atoms with Crippen LogP contribution in [0.4, 0.5) is 0 Å². The fourth-order valence-electron chi connectivity index (χ4n) is 5.52. The second kappa shape index (κ2) is 9.62. The molecule has 7 rings (SSSR count). The molecular formula is C37H26ClN. The van der Waals surface area contributed by atoms with Gasteiger partial charge in [-0.2, -0.15) is 0 Å². The summed E-state index contributed by atoms with van der Waals surface area (Å²) in [4.78, 5) is 0. The molecule has 0 aliphatic rings. The molecule has 186 valence electrons. The first kappa shape index (κ1) is 23.5. The van der Waals surface area contributed by atoms with Crippen LogP contribution in [0.5, 0.6) is 0 Å². The van der Waals surface area contributed by atoms with Gasteiger partial charge in [0, 0.05) is 10.8 Å². The Hall–Kier alpha value is -4.59. The van der Waals surface area contributed by atoms with Gasteiger partial charge in [0.05, 0.1) is 21.7 Å². The molecule has 6 aromatic carbocycles. The number of nitrogens with zero attached hydrogens (tertiary/aromatic N) is 1. The molecule has 1 nitrogen and oxygen atoms in total. The standard InChI is InChI=1S/C37H26ClN/c1-25-12-14-28(15-13-25)31-18-21-37(34(38)24-31)39-35-19-16-29(26-8-4-2-5-9-26)22-32(35)33-23-30(17-20-36(33)39)27-10-6-3-7-11-27/h2-24H,1H3. The zero-order valence-electron chi connectivity index (χ0n) is 21.6. The van der Waals surface area contributed by atoms with Crippen molar-refractivity contribution in [2.24, 2.45) is 0 Å². The highest BCUT2D eigenvalue weighted by molar-refractivity contribution is 6.33. The first-order valence-electron chi connectivity index (χ1n) is 13.2. The maximum absolute atomic E-state index is 7.04. The molecule has 0 aliphatic carbocycles. The second-order valence-electron chi connectivity index (χ2n) is 10.1. The highest BCUT2D eigenvalue weighted by atomic mass is 35.5. The van der Waals surface area contributed by atoms with E-state index in [0.717, 1.165) is 32.9 Å². The molecule has 0 radical (unpaired) electrons. The molecule has 2 heteroatoms. The van der Waals surface area contributed by atoms with Crippen LogP contribution < -0.4 is 0 Å². The fraction of sp³-hybridized carbons (Fsp3) is 0.0270. The predicted octanol–water partition coefficient (Wildman–Crippen LogP) is 10.7. The molecule has 7 aromatic rings. The second-order valence-corrected chi connectivity index (χ2v) is 10.5. The lowest BCUT2D eigenvalue weighted by molar-refractivity contribution is 1.18. The van der Waals surface area contributed by atoms with Gasteiger partial charge in [0.1, 0.15) is 0 Å². The number of halogens is 1. The van der Waals surface area contributed by atoms with E-state index >= 15 is 0 Å². The SMILES string of the molecule is Cc1ccc(-c2ccc(-n3c4ccc(-c5ccccc5)cc4c4cc(-c5ccccc5)ccc43)c(Cl)c2)cc1. The number of aryl methyl sites for hydroxylation is 1. The van der Waals surface area contributed by atoms with Gasteiger partial charge in [-0.3, -0.25) is 0 Å². The van der Waals surface area contributed by atoms with Crippen molar-refractivity contribution in [3.63, 3.8) is 0 Å². The van der Waals surface area contributed by atoms with Gasteiger partial charge in [0.2, 0.25) is 0 Å². The Kier molecular flexibility index (Phi) is 5.80. The average molecular weight is 520 g/mol. The maximum Gasteiger partial charge on any atom is 0.0652 e. The molecular weight excluding hydrogens is 494 g/mol. The lowest BCUT2D eigenvalue weighted by atomic mass is 10.0. The van der Waals surface area contributed by atoms with Gasteiger partial charge in [-0.1, -0.05) is 120 Å². The van der Waals surface area contributed by atoms with Gasteiger partial charge in [-0.15, -0.1) is 0 Å². The molecule has 0 aliphatic heterocycles. The summed E-state index contributed by atoms with van der Waals surface area (Å²) >= 11 is 7.04. The number of hydrogen-bond acceptors (Lipinski definition) is 0. The highest BCUT2D eigenvalue weighted by Crippen LogP contribution is 2.39. The number of fused-ring (bicyclic) bond motifs is 3. The van der Waals surface area contributed by atoms with Crippen LogP contribution in [0.3, 0.4) is 0 Å². The van der Waals surface area contributed by atoms with Crippen molar-refractivity contribution in [1.29, 1.82) is 0 Å². The summed E-state index contributed by atoms with van der Waals surface area (Å²) in [6, 6.07) is 49.6. The van der Waals surface area contributed by atoms with E-state index in [2.05, 4.69) is 151 Å². The summed E-state index contributed by atoms with van der Waals surface area (Å²) in [7, 11) is 0. The monoisotopic (exact) mass is 519 g/mol. The first-order valence-corrected chi connectivity index (χ1v) is 13.6. The summed E-state index contributed by atoms with van der Waals surface area (Å²) in [6.07, 6.45) is 0. The number of benzene rings is 6. The third-order valence-corrected chi connectivity index (χ3v) is 7.86. The molecule has 0 amide bonds. The van der Waals surface area contributed by atoms with Gasteiger partial charge in [-0.25, -0.2) is 0 Å². The molecule has 0 bridgehead atoms. The van der Waals surface area contributed by atoms with Gasteiger partial charge >= 0.3 is 0 Å². The van der Waals surface area contributed by atoms with Crippen molar-refractivity contribution in [2.75, 3.05) is 0 Å². The third-order valence-electron chi connectivity index (χ3n) is 7.55. The summed E-state index contributed by atoms with van der Waals surface area (Å²) in [5, 5.41) is 3.15. The van der Waals surface area contributed by atoms with Crippen molar-refractivity contribution in [3.8, 4) is 39.1 Å². The van der Waals surface area contributed by atoms with E-state index in [0.29, 0.717) is 0 Å². The minimum atomic E-state index is 0.728. The normalized spacial score (nSPS) is 11.3. The van der Waals surface area contributed by atoms with Crippen molar-refractivity contribution < 1.29 is 0 Å². The zero-order chi connectivity index (χ0) is 26.3. The number of hydrogen-bond donors (Lipinski definition) is 0. The van der Waals surface area contributed by atoms with Crippen LogP contribution in [0, 0.1) is 6.92 Å². The van der Waals surface area contributed by atoms with Crippen molar-refractivity contribution in [1.82, 2.24) is 4.57 Å². The number of rotatable bonds is 4. The lowest BCUT2D eigenvalue weighted by Crippen LogP contribution is -1.95. The van der Waals surface area contributed by atoms with E-state index in [9.17, 15) is 0 Å². The third kappa shape index (κ3) is 4.22. The maximum atomic E-state index is 7.04. The van der Waals surface area contributed by atoms with E-state index in [4.69, 9.17) is 11.6 Å². The molecule has 0 fully saturated rings. The molecule has 0 saturated heterocycles. The van der Waals surface area contributed by atoms with Crippen LogP contribution in [0.1, 0.15) is 5.56 Å². The van der Waals surface area contributed by atoms with Crippen LogP contribution in [0.15, 0.2) is 140 Å². The zero-order valence-corrected chi connectivity index (χ0v) is 22.4. The fourth-order valence-corrected chi connectivity index (χ4v) is 5.78. The predicted molar refractivity (Wildman–Crippen MR) is 167 cm³/mol. The number of aromatic nitrogens is 1. The van der Waals surface area contributed by atoms with Crippen LogP contribution in [-0.2, 0) is 0 Å². The van der Waals surface area contributed by atoms with E-state index in [1.807, 2.05) is 0 Å². The van der Waals surface area contributed by atoms with E-state index < -0.39 is 0 Å². The largest absolute Gasteiger partial charge is 0.308 e. The Bertz CT molecular complexity index is 1850. The van der Waals surface area contributed by atoms with Gasteiger partial charge in [-0.05, 0) is 76.7 Å². The smallest absolute Gasteiger partial charge is 0.0652 e. The summed E-state index contributed by atoms with van der Waals surface area (Å²) in [6.45, 7) is 2.11. The Morgan fingerprint density at radius 2 is 0.872 bits per heavy atom. The Morgan fingerprint density at radius 1 is 0.436 bits per heavy atom. The van der Waals surface area contributed by atoms with E-state index in [1.165, 1.54) is 38.6 Å². The molecule has 0 N–H and O–H groups in total. The van der Waals surface area contributed by atoms with Crippen molar-refractivity contribution in [2.45, 2.75) is 6.92 Å². The summed E-state index contributed by atoms with van der Waals surface area (Å²) in [5.74, 6) is 0. The molecule has 0 spiro atoms.